The van der Waals surface area contributed by atoms with Crippen molar-refractivity contribution in [1.82, 2.24) is 5.32 Å². The van der Waals surface area contributed by atoms with E-state index in [9.17, 15) is 0 Å². The summed E-state index contributed by atoms with van der Waals surface area (Å²) in [6, 6.07) is 10.2. The molecule has 0 spiro atoms. The van der Waals surface area contributed by atoms with E-state index < -0.39 is 0 Å². The first-order valence-electron chi connectivity index (χ1n) is 5.46. The lowest BCUT2D eigenvalue weighted by Crippen LogP contribution is -2.32. The van der Waals surface area contributed by atoms with Crippen LogP contribution in [0.3, 0.4) is 0 Å². The molecule has 0 saturated heterocycles. The first-order valence-corrected chi connectivity index (χ1v) is 5.46. The Morgan fingerprint density at radius 3 is 2.38 bits per heavy atom. The number of nitrogens with one attached hydrogen (secondary N) is 1. The van der Waals surface area contributed by atoms with Crippen LogP contribution < -0.4 is 11.1 Å². The van der Waals surface area contributed by atoms with Crippen LogP contribution in [-0.4, -0.2) is 12.6 Å². The van der Waals surface area contributed by atoms with E-state index in [1.54, 1.807) is 0 Å². The van der Waals surface area contributed by atoms with Crippen molar-refractivity contribution in [2.45, 2.75) is 19.4 Å². The first-order chi connectivity index (χ1) is 7.74. The van der Waals surface area contributed by atoms with Crippen LogP contribution in [0, 0.1) is 0 Å². The summed E-state index contributed by atoms with van der Waals surface area (Å²) in [5.41, 5.74) is 8.14. The van der Waals surface area contributed by atoms with Crippen molar-refractivity contribution >= 4 is 0 Å². The molecule has 1 aromatic rings. The second kappa shape index (κ2) is 8.74. The van der Waals surface area contributed by atoms with E-state index in [0.29, 0.717) is 0 Å². The molecule has 1 unspecified atom stereocenters. The van der Waals surface area contributed by atoms with Gasteiger partial charge in [0.25, 0.3) is 0 Å². The molecule has 16 heavy (non-hydrogen) atoms. The van der Waals surface area contributed by atoms with Gasteiger partial charge in [0.05, 0.1) is 0 Å². The highest BCUT2D eigenvalue weighted by Crippen LogP contribution is 2.04. The molecule has 0 aromatic heterocycles. The van der Waals surface area contributed by atoms with Crippen molar-refractivity contribution in [3.63, 3.8) is 0 Å². The maximum Gasteiger partial charge on any atom is 0.0479 e. The van der Waals surface area contributed by atoms with E-state index in [-0.39, 0.29) is 6.04 Å². The summed E-state index contributed by atoms with van der Waals surface area (Å²) in [5, 5.41) is 3.15. The monoisotopic (exact) mass is 218 g/mol. The van der Waals surface area contributed by atoms with Gasteiger partial charge in [-0.1, -0.05) is 36.9 Å². The van der Waals surface area contributed by atoms with E-state index >= 15 is 0 Å². The standard InChI is InChI=1S/C12H18N2.C2H4/c1-3-14-10(2)12(13)9-11-7-5-4-6-8-11;1-2/h4-8,12,14H,2-3,9,13H2,1H3;1-2H2. The molecule has 88 valence electrons. The third-order valence-corrected chi connectivity index (χ3v) is 2.15. The summed E-state index contributed by atoms with van der Waals surface area (Å²) in [4.78, 5) is 0. The van der Waals surface area contributed by atoms with Gasteiger partial charge in [0, 0.05) is 18.3 Å². The molecule has 0 fully saturated rings. The zero-order valence-corrected chi connectivity index (χ0v) is 10.1. The Kier molecular flexibility index (Phi) is 7.90. The number of rotatable bonds is 5. The number of benzene rings is 1. The minimum absolute atomic E-state index is 0.00245. The van der Waals surface area contributed by atoms with Gasteiger partial charge in [-0.15, -0.1) is 13.2 Å². The van der Waals surface area contributed by atoms with Crippen LogP contribution in [0.5, 0.6) is 0 Å². The third-order valence-electron chi connectivity index (χ3n) is 2.15. The fourth-order valence-corrected chi connectivity index (χ4v) is 1.35. The molecule has 0 aliphatic rings. The fourth-order valence-electron chi connectivity index (χ4n) is 1.35. The lowest BCUT2D eigenvalue weighted by Gasteiger charge is -2.15. The second-order valence-electron chi connectivity index (χ2n) is 3.35. The van der Waals surface area contributed by atoms with Crippen LogP contribution in [0.25, 0.3) is 0 Å². The van der Waals surface area contributed by atoms with Gasteiger partial charge in [-0.3, -0.25) is 0 Å². The molecule has 0 saturated carbocycles. The van der Waals surface area contributed by atoms with Crippen LogP contribution in [0.15, 0.2) is 55.8 Å². The van der Waals surface area contributed by atoms with Crippen molar-refractivity contribution in [3.8, 4) is 0 Å². The van der Waals surface area contributed by atoms with Gasteiger partial charge in [0.2, 0.25) is 0 Å². The van der Waals surface area contributed by atoms with Crippen LogP contribution >= 0.6 is 0 Å². The molecule has 1 aromatic carbocycles. The number of hydrogen-bond donors (Lipinski definition) is 2. The van der Waals surface area contributed by atoms with Gasteiger partial charge >= 0.3 is 0 Å². The average molecular weight is 218 g/mol. The summed E-state index contributed by atoms with van der Waals surface area (Å²) in [6.07, 6.45) is 0.840. The molecule has 0 heterocycles. The SMILES string of the molecule is C=C.C=C(NCC)C(N)Cc1ccccc1. The Bertz CT molecular complexity index is 293. The summed E-state index contributed by atoms with van der Waals surface area (Å²) in [5.74, 6) is 0. The molecule has 0 radical (unpaired) electrons. The molecule has 0 bridgehead atoms. The highest BCUT2D eigenvalue weighted by molar-refractivity contribution is 5.18. The largest absolute Gasteiger partial charge is 0.388 e. The van der Waals surface area contributed by atoms with Gasteiger partial charge in [-0.05, 0) is 18.9 Å². The smallest absolute Gasteiger partial charge is 0.0479 e. The maximum absolute atomic E-state index is 5.97. The van der Waals surface area contributed by atoms with Crippen LogP contribution in [0.1, 0.15) is 12.5 Å². The van der Waals surface area contributed by atoms with E-state index in [1.807, 2.05) is 25.1 Å². The van der Waals surface area contributed by atoms with Gasteiger partial charge in [-0.25, -0.2) is 0 Å². The van der Waals surface area contributed by atoms with E-state index in [2.05, 4.69) is 37.2 Å². The average Bonchev–Trinajstić information content (AvgIpc) is 2.33. The first kappa shape index (κ1) is 14.5. The van der Waals surface area contributed by atoms with Crippen molar-refractivity contribution in [2.75, 3.05) is 6.54 Å². The predicted octanol–water partition coefficient (Wildman–Crippen LogP) is 2.48. The predicted molar refractivity (Wildman–Crippen MR) is 72.2 cm³/mol. The topological polar surface area (TPSA) is 38.0 Å². The molecule has 3 N–H and O–H groups in total. The second-order valence-corrected chi connectivity index (χ2v) is 3.35. The normalized spacial score (nSPS) is 10.9. The van der Waals surface area contributed by atoms with E-state index in [0.717, 1.165) is 18.7 Å². The fraction of sp³-hybridized carbons (Fsp3) is 0.286. The minimum atomic E-state index is -0.00245. The Morgan fingerprint density at radius 1 is 1.31 bits per heavy atom. The number of hydrogen-bond acceptors (Lipinski definition) is 2. The zero-order chi connectivity index (χ0) is 12.4. The quantitative estimate of drug-likeness (QED) is 0.745. The minimum Gasteiger partial charge on any atom is -0.388 e. The number of nitrogens with two attached hydrogens (primary N) is 1. The van der Waals surface area contributed by atoms with Gasteiger partial charge in [0.15, 0.2) is 0 Å². The zero-order valence-electron chi connectivity index (χ0n) is 10.1. The molecule has 2 nitrogen and oxygen atoms in total. The van der Waals surface area contributed by atoms with Crippen molar-refractivity contribution in [3.05, 3.63) is 61.3 Å². The molecule has 1 atom stereocenters. The molecular formula is C14H22N2. The Hall–Kier alpha value is -1.54. The van der Waals surface area contributed by atoms with Crippen LogP contribution in [0.2, 0.25) is 0 Å². The van der Waals surface area contributed by atoms with Gasteiger partial charge < -0.3 is 11.1 Å². The highest BCUT2D eigenvalue weighted by Gasteiger charge is 2.06. The molecule has 0 aliphatic heterocycles. The van der Waals surface area contributed by atoms with Crippen molar-refractivity contribution < 1.29 is 0 Å². The van der Waals surface area contributed by atoms with Crippen LogP contribution in [0.4, 0.5) is 0 Å². The summed E-state index contributed by atoms with van der Waals surface area (Å²) >= 11 is 0. The summed E-state index contributed by atoms with van der Waals surface area (Å²) in [7, 11) is 0. The number of likely N-dealkylation sites (N-methyl/N-ethyl adjacent to an activating group) is 1. The lowest BCUT2D eigenvalue weighted by atomic mass is 10.0. The summed E-state index contributed by atoms with van der Waals surface area (Å²) < 4.78 is 0. The Morgan fingerprint density at radius 2 is 1.88 bits per heavy atom. The van der Waals surface area contributed by atoms with Crippen molar-refractivity contribution in [2.24, 2.45) is 5.73 Å². The lowest BCUT2D eigenvalue weighted by molar-refractivity contribution is 0.682. The Labute approximate surface area is 98.9 Å². The maximum atomic E-state index is 5.97. The Balaban J connectivity index is 0.00000106. The van der Waals surface area contributed by atoms with E-state index in [4.69, 9.17) is 5.73 Å². The van der Waals surface area contributed by atoms with Gasteiger partial charge in [0.1, 0.15) is 0 Å². The molecule has 1 rings (SSSR count). The molecular weight excluding hydrogens is 196 g/mol. The van der Waals surface area contributed by atoms with Crippen LogP contribution in [-0.2, 0) is 6.42 Å². The van der Waals surface area contributed by atoms with Crippen molar-refractivity contribution in [1.29, 1.82) is 0 Å². The molecule has 2 heteroatoms. The summed E-state index contributed by atoms with van der Waals surface area (Å²) in [6.45, 7) is 12.8. The molecule has 0 amide bonds. The third kappa shape index (κ3) is 5.37. The van der Waals surface area contributed by atoms with E-state index in [1.165, 1.54) is 5.56 Å². The molecule has 0 aliphatic carbocycles. The van der Waals surface area contributed by atoms with Gasteiger partial charge in [-0.2, -0.15) is 0 Å². The highest BCUT2D eigenvalue weighted by atomic mass is 14.9.